The van der Waals surface area contributed by atoms with Crippen molar-refractivity contribution in [1.82, 2.24) is 10.5 Å². The second kappa shape index (κ2) is 5.75. The van der Waals surface area contributed by atoms with Gasteiger partial charge in [0.2, 0.25) is 5.91 Å². The van der Waals surface area contributed by atoms with Crippen molar-refractivity contribution in [3.05, 3.63) is 65.6 Å². The first-order valence-electron chi connectivity index (χ1n) is 6.57. The zero-order chi connectivity index (χ0) is 14.7. The van der Waals surface area contributed by atoms with E-state index in [4.69, 9.17) is 4.52 Å². The third-order valence-corrected chi connectivity index (χ3v) is 3.21. The van der Waals surface area contributed by atoms with Crippen molar-refractivity contribution >= 4 is 16.9 Å². The number of hydrogen-bond donors (Lipinski definition) is 1. The molecule has 0 unspecified atom stereocenters. The number of aromatic nitrogens is 1. The van der Waals surface area contributed by atoms with Crippen LogP contribution in [-0.2, 0) is 17.8 Å². The molecular formula is C16H13FN2O2. The van der Waals surface area contributed by atoms with Crippen LogP contribution in [0, 0.1) is 5.82 Å². The molecule has 21 heavy (non-hydrogen) atoms. The quantitative estimate of drug-likeness (QED) is 0.801. The van der Waals surface area contributed by atoms with E-state index in [-0.39, 0.29) is 24.7 Å². The number of fused-ring (bicyclic) bond motifs is 1. The number of halogens is 1. The van der Waals surface area contributed by atoms with Crippen LogP contribution < -0.4 is 5.32 Å². The van der Waals surface area contributed by atoms with Crippen molar-refractivity contribution in [2.75, 3.05) is 0 Å². The van der Waals surface area contributed by atoms with Gasteiger partial charge in [-0.1, -0.05) is 35.5 Å². The van der Waals surface area contributed by atoms with Gasteiger partial charge in [-0.3, -0.25) is 4.79 Å². The summed E-state index contributed by atoms with van der Waals surface area (Å²) in [6, 6.07) is 13.7. The van der Waals surface area contributed by atoms with Crippen molar-refractivity contribution in [3.8, 4) is 0 Å². The van der Waals surface area contributed by atoms with Gasteiger partial charge in [-0.05, 0) is 18.2 Å². The van der Waals surface area contributed by atoms with E-state index in [0.717, 1.165) is 5.39 Å². The topological polar surface area (TPSA) is 55.1 Å². The van der Waals surface area contributed by atoms with Crippen molar-refractivity contribution in [3.63, 3.8) is 0 Å². The van der Waals surface area contributed by atoms with Crippen LogP contribution in [0.3, 0.4) is 0 Å². The van der Waals surface area contributed by atoms with Gasteiger partial charge in [0, 0.05) is 17.5 Å². The highest BCUT2D eigenvalue weighted by Gasteiger charge is 2.12. The Morgan fingerprint density at radius 3 is 2.76 bits per heavy atom. The maximum absolute atomic E-state index is 13.4. The van der Waals surface area contributed by atoms with E-state index in [9.17, 15) is 9.18 Å². The third kappa shape index (κ3) is 2.91. The Balaban J connectivity index is 1.66. The van der Waals surface area contributed by atoms with Gasteiger partial charge < -0.3 is 9.84 Å². The summed E-state index contributed by atoms with van der Waals surface area (Å²) in [5.41, 5.74) is 1.68. The summed E-state index contributed by atoms with van der Waals surface area (Å²) in [6.45, 7) is 0.154. The van der Waals surface area contributed by atoms with Crippen LogP contribution >= 0.6 is 0 Å². The van der Waals surface area contributed by atoms with Crippen LogP contribution in [-0.4, -0.2) is 11.1 Å². The molecule has 0 spiro atoms. The smallest absolute Gasteiger partial charge is 0.226 e. The van der Waals surface area contributed by atoms with Crippen LogP contribution in [0.1, 0.15) is 11.3 Å². The van der Waals surface area contributed by atoms with Crippen LogP contribution in [0.25, 0.3) is 11.0 Å². The standard InChI is InChI=1S/C16H13FN2O2/c17-13-7-3-1-5-11(13)10-18-16(20)9-14-12-6-2-4-8-15(12)21-19-14/h1-8H,9-10H2,(H,18,20). The lowest BCUT2D eigenvalue weighted by Crippen LogP contribution is -2.25. The number of amides is 1. The molecule has 1 N–H and O–H groups in total. The van der Waals surface area contributed by atoms with Crippen LogP contribution in [0.2, 0.25) is 0 Å². The normalized spacial score (nSPS) is 10.7. The lowest BCUT2D eigenvalue weighted by molar-refractivity contribution is -0.120. The lowest BCUT2D eigenvalue weighted by Gasteiger charge is -2.05. The van der Waals surface area contributed by atoms with Crippen molar-refractivity contribution < 1.29 is 13.7 Å². The summed E-state index contributed by atoms with van der Waals surface area (Å²) in [5.74, 6) is -0.554. The fraction of sp³-hybridized carbons (Fsp3) is 0.125. The molecule has 1 amide bonds. The zero-order valence-electron chi connectivity index (χ0n) is 11.2. The number of hydrogen-bond acceptors (Lipinski definition) is 3. The van der Waals surface area contributed by atoms with Crippen LogP contribution in [0.15, 0.2) is 53.1 Å². The fourth-order valence-electron chi connectivity index (χ4n) is 2.12. The Hall–Kier alpha value is -2.69. The highest BCUT2D eigenvalue weighted by molar-refractivity contribution is 5.86. The average molecular weight is 284 g/mol. The molecule has 4 nitrogen and oxygen atoms in total. The Morgan fingerprint density at radius 1 is 1.14 bits per heavy atom. The monoisotopic (exact) mass is 284 g/mol. The van der Waals surface area contributed by atoms with Crippen molar-refractivity contribution in [2.45, 2.75) is 13.0 Å². The molecule has 0 bridgehead atoms. The van der Waals surface area contributed by atoms with E-state index in [1.807, 2.05) is 18.2 Å². The Kier molecular flexibility index (Phi) is 3.64. The first kappa shape index (κ1) is 13.3. The van der Waals surface area contributed by atoms with E-state index in [1.165, 1.54) is 6.07 Å². The number of nitrogens with zero attached hydrogens (tertiary/aromatic N) is 1. The summed E-state index contributed by atoms with van der Waals surface area (Å²) < 4.78 is 18.6. The summed E-state index contributed by atoms with van der Waals surface area (Å²) in [7, 11) is 0. The molecule has 0 fully saturated rings. The van der Waals surface area contributed by atoms with Gasteiger partial charge in [-0.25, -0.2) is 4.39 Å². The van der Waals surface area contributed by atoms with E-state index in [2.05, 4.69) is 10.5 Å². The van der Waals surface area contributed by atoms with Gasteiger partial charge in [-0.2, -0.15) is 0 Å². The third-order valence-electron chi connectivity index (χ3n) is 3.21. The largest absolute Gasteiger partial charge is 0.356 e. The molecule has 5 heteroatoms. The molecule has 1 aromatic heterocycles. The van der Waals surface area contributed by atoms with E-state index >= 15 is 0 Å². The molecule has 0 aliphatic rings. The molecule has 0 radical (unpaired) electrons. The highest BCUT2D eigenvalue weighted by Crippen LogP contribution is 2.18. The maximum atomic E-state index is 13.4. The van der Waals surface area contributed by atoms with Gasteiger partial charge in [0.1, 0.15) is 11.5 Å². The van der Waals surface area contributed by atoms with Gasteiger partial charge in [0.15, 0.2) is 5.58 Å². The molecular weight excluding hydrogens is 271 g/mol. The first-order valence-corrected chi connectivity index (χ1v) is 6.57. The summed E-state index contributed by atoms with van der Waals surface area (Å²) in [5, 5.41) is 7.40. The molecule has 3 rings (SSSR count). The molecule has 2 aromatic carbocycles. The molecule has 0 aliphatic heterocycles. The maximum Gasteiger partial charge on any atom is 0.226 e. The number of carbonyl (C=O) groups is 1. The minimum absolute atomic E-state index is 0.103. The van der Waals surface area contributed by atoms with Crippen molar-refractivity contribution in [1.29, 1.82) is 0 Å². The average Bonchev–Trinajstić information content (AvgIpc) is 2.90. The predicted molar refractivity (Wildman–Crippen MR) is 76.0 cm³/mol. The summed E-state index contributed by atoms with van der Waals surface area (Å²) in [4.78, 5) is 11.9. The zero-order valence-corrected chi connectivity index (χ0v) is 11.2. The van der Waals surface area contributed by atoms with E-state index in [0.29, 0.717) is 16.8 Å². The number of benzene rings is 2. The van der Waals surface area contributed by atoms with E-state index in [1.54, 1.807) is 24.3 Å². The Morgan fingerprint density at radius 2 is 1.90 bits per heavy atom. The molecule has 106 valence electrons. The van der Waals surface area contributed by atoms with Gasteiger partial charge in [0.25, 0.3) is 0 Å². The second-order valence-electron chi connectivity index (χ2n) is 4.67. The predicted octanol–water partition coefficient (Wildman–Crippen LogP) is 2.83. The highest BCUT2D eigenvalue weighted by atomic mass is 19.1. The van der Waals surface area contributed by atoms with Gasteiger partial charge in [-0.15, -0.1) is 0 Å². The molecule has 0 saturated carbocycles. The minimum atomic E-state index is -0.329. The van der Waals surface area contributed by atoms with Gasteiger partial charge >= 0.3 is 0 Å². The summed E-state index contributed by atoms with van der Waals surface area (Å²) >= 11 is 0. The molecule has 3 aromatic rings. The van der Waals surface area contributed by atoms with Gasteiger partial charge in [0.05, 0.1) is 6.42 Å². The van der Waals surface area contributed by atoms with E-state index < -0.39 is 0 Å². The molecule has 0 aliphatic carbocycles. The second-order valence-corrected chi connectivity index (χ2v) is 4.67. The number of para-hydroxylation sites is 1. The lowest BCUT2D eigenvalue weighted by atomic mass is 10.1. The Bertz CT molecular complexity index is 783. The Labute approximate surface area is 120 Å². The molecule has 0 atom stereocenters. The number of carbonyl (C=O) groups excluding carboxylic acids is 1. The first-order chi connectivity index (χ1) is 10.2. The fourth-order valence-corrected chi connectivity index (χ4v) is 2.12. The number of nitrogens with one attached hydrogen (secondary N) is 1. The molecule has 0 saturated heterocycles. The van der Waals surface area contributed by atoms with Crippen LogP contribution in [0.4, 0.5) is 4.39 Å². The minimum Gasteiger partial charge on any atom is -0.356 e. The number of rotatable bonds is 4. The SMILES string of the molecule is O=C(Cc1noc2ccccc12)NCc1ccccc1F. The summed E-state index contributed by atoms with van der Waals surface area (Å²) in [6.07, 6.45) is 0.103. The molecule has 1 heterocycles. The van der Waals surface area contributed by atoms with Crippen LogP contribution in [0.5, 0.6) is 0 Å². The van der Waals surface area contributed by atoms with Crippen molar-refractivity contribution in [2.24, 2.45) is 0 Å².